The molecule has 6 nitrogen and oxygen atoms in total. The number of hydrogen-bond acceptors (Lipinski definition) is 5. The van der Waals surface area contributed by atoms with Crippen molar-refractivity contribution in [1.82, 2.24) is 15.2 Å². The second kappa shape index (κ2) is 13.1. The number of alkyl halides is 6. The topological polar surface area (TPSA) is 57.7 Å². The lowest BCUT2D eigenvalue weighted by Crippen LogP contribution is -2.40. The van der Waals surface area contributed by atoms with Crippen molar-refractivity contribution < 1.29 is 35.9 Å². The summed E-state index contributed by atoms with van der Waals surface area (Å²) in [7, 11) is 1.91. The zero-order valence-electron chi connectivity index (χ0n) is 23.3. The number of benzene rings is 2. The number of nitrogens with zero attached hydrogens (tertiary/aromatic N) is 3. The summed E-state index contributed by atoms with van der Waals surface area (Å²) in [6.45, 7) is 6.34. The average molecular weight is 595 g/mol. The molecule has 1 N–H and O–H groups in total. The van der Waals surface area contributed by atoms with Gasteiger partial charge < -0.3 is 15.0 Å². The number of carbonyl (C=O) groups excluding carboxylic acids is 1. The quantitative estimate of drug-likeness (QED) is 0.316. The summed E-state index contributed by atoms with van der Waals surface area (Å²) in [5.74, 6) is 0.119. The van der Waals surface area contributed by atoms with Gasteiger partial charge in [-0.25, -0.2) is 4.98 Å². The van der Waals surface area contributed by atoms with E-state index in [1.54, 1.807) is 0 Å². The number of likely N-dealkylation sites (N-methyl/N-ethyl adjacent to an activating group) is 1. The molecular weight excluding hydrogens is 562 g/mol. The number of anilines is 1. The molecule has 226 valence electrons. The predicted octanol–water partition coefficient (Wildman–Crippen LogP) is 5.84. The Bertz CT molecular complexity index is 1350. The Hall–Kier alpha value is -3.64. The van der Waals surface area contributed by atoms with Gasteiger partial charge in [0, 0.05) is 46.0 Å². The minimum Gasteiger partial charge on any atom is -0.379 e. The summed E-state index contributed by atoms with van der Waals surface area (Å²) in [5.41, 5.74) is -0.381. The van der Waals surface area contributed by atoms with E-state index in [-0.39, 0.29) is 30.2 Å². The van der Waals surface area contributed by atoms with Gasteiger partial charge in [0.2, 0.25) is 0 Å². The fourth-order valence-corrected chi connectivity index (χ4v) is 4.74. The highest BCUT2D eigenvalue weighted by Crippen LogP contribution is 2.36. The van der Waals surface area contributed by atoms with Gasteiger partial charge in [0.05, 0.1) is 29.9 Å². The molecule has 3 aromatic rings. The fraction of sp³-hybridized carbons (Fsp3) is 0.400. The lowest BCUT2D eigenvalue weighted by atomic mass is 9.96. The van der Waals surface area contributed by atoms with Crippen molar-refractivity contribution in [3.8, 4) is 11.1 Å². The number of ether oxygens (including phenoxy) is 1. The Kier molecular flexibility index (Phi) is 9.78. The summed E-state index contributed by atoms with van der Waals surface area (Å²) in [4.78, 5) is 22.0. The molecule has 0 spiro atoms. The van der Waals surface area contributed by atoms with E-state index >= 15 is 0 Å². The van der Waals surface area contributed by atoms with Crippen LogP contribution in [0.3, 0.4) is 0 Å². The minimum absolute atomic E-state index is 0.0851. The SMILES string of the molecule is Cc1ccccc1-c1cc(N(C)CCN2CCOCC2)ncc1C(=O)NCCc1cc(C(F)(F)F)cc(C(F)(F)F)c1. The molecule has 1 amide bonds. The van der Waals surface area contributed by atoms with Gasteiger partial charge in [-0.3, -0.25) is 9.69 Å². The van der Waals surface area contributed by atoms with Crippen LogP contribution in [0.15, 0.2) is 54.7 Å². The maximum Gasteiger partial charge on any atom is 0.416 e. The van der Waals surface area contributed by atoms with Gasteiger partial charge in [-0.05, 0) is 59.9 Å². The molecule has 2 heterocycles. The van der Waals surface area contributed by atoms with E-state index in [1.807, 2.05) is 49.2 Å². The maximum absolute atomic E-state index is 13.3. The highest BCUT2D eigenvalue weighted by atomic mass is 19.4. The molecule has 0 atom stereocenters. The number of rotatable bonds is 9. The number of amides is 1. The van der Waals surface area contributed by atoms with E-state index in [9.17, 15) is 31.1 Å². The number of nitrogens with one attached hydrogen (secondary N) is 1. The van der Waals surface area contributed by atoms with Crippen LogP contribution in [0.2, 0.25) is 0 Å². The zero-order valence-corrected chi connectivity index (χ0v) is 23.3. The Morgan fingerprint density at radius 1 is 0.976 bits per heavy atom. The largest absolute Gasteiger partial charge is 0.416 e. The van der Waals surface area contributed by atoms with Crippen LogP contribution in [0.4, 0.5) is 32.2 Å². The van der Waals surface area contributed by atoms with E-state index in [4.69, 9.17) is 4.74 Å². The molecule has 2 aromatic carbocycles. The van der Waals surface area contributed by atoms with Crippen LogP contribution in [-0.2, 0) is 23.5 Å². The van der Waals surface area contributed by atoms with Crippen molar-refractivity contribution in [2.75, 3.05) is 57.9 Å². The summed E-state index contributed by atoms with van der Waals surface area (Å²) in [6, 6.07) is 10.7. The van der Waals surface area contributed by atoms with E-state index in [1.165, 1.54) is 6.20 Å². The molecule has 4 rings (SSSR count). The first kappa shape index (κ1) is 31.3. The number of halogens is 6. The maximum atomic E-state index is 13.3. The van der Waals surface area contributed by atoms with Gasteiger partial charge in [0.15, 0.2) is 0 Å². The van der Waals surface area contributed by atoms with Crippen LogP contribution in [0.25, 0.3) is 11.1 Å². The van der Waals surface area contributed by atoms with Crippen LogP contribution in [0, 0.1) is 6.92 Å². The molecule has 0 unspecified atom stereocenters. The second-order valence-electron chi connectivity index (χ2n) is 10.2. The lowest BCUT2D eigenvalue weighted by Gasteiger charge is -2.29. The first-order valence-electron chi connectivity index (χ1n) is 13.5. The monoisotopic (exact) mass is 594 g/mol. The highest BCUT2D eigenvalue weighted by Gasteiger charge is 2.36. The zero-order chi connectivity index (χ0) is 30.5. The molecule has 1 saturated heterocycles. The van der Waals surface area contributed by atoms with Gasteiger partial charge in [-0.2, -0.15) is 26.3 Å². The predicted molar refractivity (Wildman–Crippen MR) is 147 cm³/mol. The number of carbonyl (C=O) groups is 1. The number of aromatic nitrogens is 1. The fourth-order valence-electron chi connectivity index (χ4n) is 4.74. The molecule has 0 saturated carbocycles. The Balaban J connectivity index is 1.52. The van der Waals surface area contributed by atoms with Crippen molar-refractivity contribution in [2.24, 2.45) is 0 Å². The number of morpholine rings is 1. The van der Waals surface area contributed by atoms with Crippen LogP contribution in [-0.4, -0.2) is 68.8 Å². The third kappa shape index (κ3) is 8.01. The highest BCUT2D eigenvalue weighted by molar-refractivity contribution is 6.01. The van der Waals surface area contributed by atoms with Crippen LogP contribution < -0.4 is 10.2 Å². The first-order valence-corrected chi connectivity index (χ1v) is 13.5. The number of hydrogen-bond donors (Lipinski definition) is 1. The van der Waals surface area contributed by atoms with Crippen molar-refractivity contribution in [3.63, 3.8) is 0 Å². The third-order valence-electron chi connectivity index (χ3n) is 7.16. The molecule has 1 fully saturated rings. The molecule has 0 radical (unpaired) electrons. The van der Waals surface area contributed by atoms with Crippen LogP contribution in [0.1, 0.15) is 32.6 Å². The normalized spacial score (nSPS) is 14.6. The van der Waals surface area contributed by atoms with E-state index in [0.717, 1.165) is 30.8 Å². The lowest BCUT2D eigenvalue weighted by molar-refractivity contribution is -0.143. The molecule has 0 bridgehead atoms. The van der Waals surface area contributed by atoms with Crippen LogP contribution >= 0.6 is 0 Å². The Morgan fingerprint density at radius 2 is 1.62 bits per heavy atom. The minimum atomic E-state index is -4.94. The summed E-state index contributed by atoms with van der Waals surface area (Å²) >= 11 is 0. The van der Waals surface area contributed by atoms with Gasteiger partial charge in [0.25, 0.3) is 5.91 Å². The molecule has 1 aliphatic heterocycles. The number of aryl methyl sites for hydroxylation is 1. The van der Waals surface area contributed by atoms with Crippen molar-refractivity contribution >= 4 is 11.7 Å². The molecule has 1 aromatic heterocycles. The standard InChI is InChI=1S/C30H32F6N4O2/c1-20-5-3-4-6-24(20)25-18-27(39(2)9-10-40-11-13-42-14-12-40)38-19-26(25)28(41)37-8-7-21-15-22(29(31,32)33)17-23(16-21)30(34,35)36/h3-6,15-19H,7-14H2,1-2H3,(H,37,41). The second-order valence-corrected chi connectivity index (χ2v) is 10.2. The van der Waals surface area contributed by atoms with Crippen molar-refractivity contribution in [2.45, 2.75) is 25.7 Å². The molecule has 1 aliphatic rings. The average Bonchev–Trinajstić information content (AvgIpc) is 2.95. The smallest absolute Gasteiger partial charge is 0.379 e. The van der Waals surface area contributed by atoms with Crippen LogP contribution in [0.5, 0.6) is 0 Å². The van der Waals surface area contributed by atoms with Crippen molar-refractivity contribution in [3.05, 3.63) is 82.5 Å². The summed E-state index contributed by atoms with van der Waals surface area (Å²) in [5, 5.41) is 2.64. The molecule has 42 heavy (non-hydrogen) atoms. The van der Waals surface area contributed by atoms with Crippen molar-refractivity contribution in [1.29, 1.82) is 0 Å². The summed E-state index contributed by atoms with van der Waals surface area (Å²) < 4.78 is 84.7. The van der Waals surface area contributed by atoms with Gasteiger partial charge >= 0.3 is 12.4 Å². The molecule has 0 aliphatic carbocycles. The third-order valence-corrected chi connectivity index (χ3v) is 7.16. The van der Waals surface area contributed by atoms with Gasteiger partial charge in [-0.1, -0.05) is 24.3 Å². The van der Waals surface area contributed by atoms with Gasteiger partial charge in [-0.15, -0.1) is 0 Å². The molecule has 12 heteroatoms. The van der Waals surface area contributed by atoms with Gasteiger partial charge in [0.1, 0.15) is 5.82 Å². The van der Waals surface area contributed by atoms with E-state index in [2.05, 4.69) is 15.2 Å². The summed E-state index contributed by atoms with van der Waals surface area (Å²) in [6.07, 6.45) is -8.66. The Morgan fingerprint density at radius 3 is 2.24 bits per heavy atom. The Labute approximate surface area is 240 Å². The number of pyridine rings is 1. The first-order chi connectivity index (χ1) is 19.8. The molecular formula is C30H32F6N4O2. The van der Waals surface area contributed by atoms with E-state index < -0.39 is 29.4 Å². The van der Waals surface area contributed by atoms with E-state index in [0.29, 0.717) is 43.3 Å².